The zero-order chi connectivity index (χ0) is 22.8. The number of nitrogens with two attached hydrogens (primary N) is 1. The highest BCUT2D eigenvalue weighted by Gasteiger charge is 2.18. The van der Waals surface area contributed by atoms with Gasteiger partial charge in [0.05, 0.1) is 10.6 Å². The van der Waals surface area contributed by atoms with Crippen LogP contribution in [0.5, 0.6) is 0 Å². The SMILES string of the molecule is Cc1cc(C)n(-c2ccc(=O)n([C@H](C)C(=O)NCCc3ccc(S(N)(=O)=O)cc3)n2)n1. The molecule has 0 aliphatic heterocycles. The lowest BCUT2D eigenvalue weighted by atomic mass is 10.1. The highest BCUT2D eigenvalue weighted by molar-refractivity contribution is 7.89. The van der Waals surface area contributed by atoms with Crippen molar-refractivity contribution in [3.63, 3.8) is 0 Å². The molecule has 0 bridgehead atoms. The molecule has 0 fully saturated rings. The van der Waals surface area contributed by atoms with Crippen LogP contribution >= 0.6 is 0 Å². The summed E-state index contributed by atoms with van der Waals surface area (Å²) in [6, 6.07) is 10.1. The van der Waals surface area contributed by atoms with Crippen LogP contribution in [0, 0.1) is 13.8 Å². The molecule has 0 saturated carbocycles. The summed E-state index contributed by atoms with van der Waals surface area (Å²) in [5, 5.41) is 16.5. The molecule has 1 amide bonds. The third-order valence-corrected chi connectivity index (χ3v) is 5.68. The molecule has 2 heterocycles. The molecule has 0 aliphatic rings. The zero-order valence-corrected chi connectivity index (χ0v) is 18.3. The number of aryl methyl sites for hydroxylation is 2. The Morgan fingerprint density at radius 3 is 2.39 bits per heavy atom. The van der Waals surface area contributed by atoms with Gasteiger partial charge in [-0.3, -0.25) is 9.59 Å². The van der Waals surface area contributed by atoms with Crippen molar-refractivity contribution in [3.8, 4) is 5.82 Å². The van der Waals surface area contributed by atoms with E-state index in [1.54, 1.807) is 29.8 Å². The molecule has 1 aromatic carbocycles. The molecule has 31 heavy (non-hydrogen) atoms. The van der Waals surface area contributed by atoms with Crippen molar-refractivity contribution in [2.45, 2.75) is 38.1 Å². The Morgan fingerprint density at radius 1 is 1.13 bits per heavy atom. The summed E-state index contributed by atoms with van der Waals surface area (Å²) in [6.45, 7) is 5.64. The minimum atomic E-state index is -3.74. The summed E-state index contributed by atoms with van der Waals surface area (Å²) >= 11 is 0. The van der Waals surface area contributed by atoms with Crippen LogP contribution < -0.4 is 16.0 Å². The number of carbonyl (C=O) groups excluding carboxylic acids is 1. The summed E-state index contributed by atoms with van der Waals surface area (Å²) in [4.78, 5) is 24.9. The van der Waals surface area contributed by atoms with Crippen molar-refractivity contribution < 1.29 is 13.2 Å². The average Bonchev–Trinajstić information content (AvgIpc) is 3.05. The molecule has 10 nitrogen and oxygen atoms in total. The number of hydrogen-bond donors (Lipinski definition) is 2. The molecular formula is C20H24N6O4S. The maximum absolute atomic E-state index is 12.6. The number of amides is 1. The number of nitrogens with zero attached hydrogens (tertiary/aromatic N) is 4. The molecule has 11 heteroatoms. The van der Waals surface area contributed by atoms with Crippen LogP contribution in [0.2, 0.25) is 0 Å². The van der Waals surface area contributed by atoms with Crippen LogP contribution in [0.3, 0.4) is 0 Å². The van der Waals surface area contributed by atoms with E-state index in [-0.39, 0.29) is 10.8 Å². The van der Waals surface area contributed by atoms with E-state index < -0.39 is 21.6 Å². The van der Waals surface area contributed by atoms with Gasteiger partial charge in [0.1, 0.15) is 6.04 Å². The lowest BCUT2D eigenvalue weighted by Gasteiger charge is -2.15. The molecule has 1 atom stereocenters. The number of benzene rings is 1. The maximum Gasteiger partial charge on any atom is 0.267 e. The molecule has 0 saturated heterocycles. The number of nitrogens with one attached hydrogen (secondary N) is 1. The second-order valence-electron chi connectivity index (χ2n) is 7.22. The van der Waals surface area contributed by atoms with Crippen LogP contribution in [0.25, 0.3) is 5.82 Å². The van der Waals surface area contributed by atoms with Gasteiger partial charge < -0.3 is 5.32 Å². The van der Waals surface area contributed by atoms with Gasteiger partial charge >= 0.3 is 0 Å². The van der Waals surface area contributed by atoms with Crippen LogP contribution in [-0.2, 0) is 21.2 Å². The first-order valence-electron chi connectivity index (χ1n) is 9.59. The minimum absolute atomic E-state index is 0.0295. The maximum atomic E-state index is 12.6. The van der Waals surface area contributed by atoms with E-state index in [4.69, 9.17) is 5.14 Å². The van der Waals surface area contributed by atoms with Gasteiger partial charge in [-0.1, -0.05) is 12.1 Å². The normalized spacial score (nSPS) is 12.5. The van der Waals surface area contributed by atoms with Crippen LogP contribution in [0.1, 0.15) is 29.9 Å². The van der Waals surface area contributed by atoms with E-state index >= 15 is 0 Å². The van der Waals surface area contributed by atoms with Gasteiger partial charge in [0.15, 0.2) is 5.82 Å². The van der Waals surface area contributed by atoms with Gasteiger partial charge in [-0.05, 0) is 57.0 Å². The van der Waals surface area contributed by atoms with E-state index in [0.29, 0.717) is 18.8 Å². The first-order valence-corrected chi connectivity index (χ1v) is 11.1. The Bertz CT molecular complexity index is 1260. The monoisotopic (exact) mass is 444 g/mol. The predicted molar refractivity (Wildman–Crippen MR) is 114 cm³/mol. The van der Waals surface area contributed by atoms with Gasteiger partial charge in [0.2, 0.25) is 15.9 Å². The molecule has 0 radical (unpaired) electrons. The fourth-order valence-corrected chi connectivity index (χ4v) is 3.62. The van der Waals surface area contributed by atoms with Crippen molar-refractivity contribution in [1.29, 1.82) is 0 Å². The topological polar surface area (TPSA) is 142 Å². The first kappa shape index (κ1) is 22.4. The smallest absolute Gasteiger partial charge is 0.267 e. The summed E-state index contributed by atoms with van der Waals surface area (Å²) in [6.07, 6.45) is 0.484. The van der Waals surface area contributed by atoms with Crippen LogP contribution in [-0.4, -0.2) is 40.4 Å². The van der Waals surface area contributed by atoms with Crippen molar-refractivity contribution >= 4 is 15.9 Å². The van der Waals surface area contributed by atoms with Crippen molar-refractivity contribution in [2.75, 3.05) is 6.54 Å². The van der Waals surface area contributed by atoms with Crippen LogP contribution in [0.15, 0.2) is 52.2 Å². The number of aromatic nitrogens is 4. The Kier molecular flexibility index (Phi) is 6.37. The fraction of sp³-hybridized carbons (Fsp3) is 0.300. The van der Waals surface area contributed by atoms with Crippen LogP contribution in [0.4, 0.5) is 0 Å². The molecule has 0 spiro atoms. The summed E-state index contributed by atoms with van der Waals surface area (Å²) in [5.41, 5.74) is 2.12. The second-order valence-corrected chi connectivity index (χ2v) is 8.78. The van der Waals surface area contributed by atoms with Crippen molar-refractivity contribution in [3.05, 3.63) is 69.8 Å². The van der Waals surface area contributed by atoms with Gasteiger partial charge in [-0.15, -0.1) is 5.10 Å². The van der Waals surface area contributed by atoms with Gasteiger partial charge in [0, 0.05) is 18.3 Å². The number of sulfonamides is 1. The summed E-state index contributed by atoms with van der Waals surface area (Å²) < 4.78 is 25.3. The quantitative estimate of drug-likeness (QED) is 0.547. The number of carbonyl (C=O) groups is 1. The van der Waals surface area contributed by atoms with E-state index in [2.05, 4.69) is 15.5 Å². The Morgan fingerprint density at radius 2 is 1.81 bits per heavy atom. The van der Waals surface area contributed by atoms with Crippen molar-refractivity contribution in [2.24, 2.45) is 5.14 Å². The number of hydrogen-bond acceptors (Lipinski definition) is 6. The Labute approximate surface area is 179 Å². The largest absolute Gasteiger partial charge is 0.354 e. The number of rotatable bonds is 7. The number of primary sulfonamides is 1. The van der Waals surface area contributed by atoms with Crippen molar-refractivity contribution in [1.82, 2.24) is 24.9 Å². The molecule has 3 N–H and O–H groups in total. The standard InChI is InChI=1S/C20H24N6O4S/c1-13-12-14(2)25(23-13)18-8-9-19(27)26(24-18)15(3)20(28)22-11-10-16-4-6-17(7-5-16)31(21,29)30/h4-9,12,15H,10-11H2,1-3H3,(H,22,28)(H2,21,29,30)/t15-/m1/s1. The van der Waals surface area contributed by atoms with Gasteiger partial charge in [-0.2, -0.15) is 5.10 Å². The van der Waals surface area contributed by atoms with Gasteiger partial charge in [-0.25, -0.2) is 22.9 Å². The van der Waals surface area contributed by atoms with E-state index in [0.717, 1.165) is 21.6 Å². The molecule has 2 aromatic heterocycles. The highest BCUT2D eigenvalue weighted by Crippen LogP contribution is 2.11. The lowest BCUT2D eigenvalue weighted by Crippen LogP contribution is -2.38. The predicted octanol–water partition coefficient (Wildman–Crippen LogP) is 0.613. The second kappa shape index (κ2) is 8.82. The molecule has 164 valence electrons. The minimum Gasteiger partial charge on any atom is -0.354 e. The average molecular weight is 445 g/mol. The molecule has 0 aliphatic carbocycles. The van der Waals surface area contributed by atoms with E-state index in [1.165, 1.54) is 18.2 Å². The molecule has 3 rings (SSSR count). The molecule has 0 unspecified atom stereocenters. The Hall–Kier alpha value is -3.31. The fourth-order valence-electron chi connectivity index (χ4n) is 3.10. The summed E-state index contributed by atoms with van der Waals surface area (Å²) in [7, 11) is -3.74. The zero-order valence-electron chi connectivity index (χ0n) is 17.4. The lowest BCUT2D eigenvalue weighted by molar-refractivity contribution is -0.124. The van der Waals surface area contributed by atoms with Gasteiger partial charge in [0.25, 0.3) is 5.56 Å². The highest BCUT2D eigenvalue weighted by atomic mass is 32.2. The van der Waals surface area contributed by atoms with E-state index in [1.807, 2.05) is 19.9 Å². The summed E-state index contributed by atoms with van der Waals surface area (Å²) in [5.74, 6) is 0.0843. The van der Waals surface area contributed by atoms with E-state index in [9.17, 15) is 18.0 Å². The molecular weight excluding hydrogens is 420 g/mol. The third-order valence-electron chi connectivity index (χ3n) is 4.75. The first-order chi connectivity index (χ1) is 14.6. The third kappa shape index (κ3) is 5.25. The Balaban J connectivity index is 1.67. The molecule has 3 aromatic rings.